The Morgan fingerprint density at radius 1 is 1.03 bits per heavy atom. The molecule has 1 aliphatic heterocycles. The van der Waals surface area contributed by atoms with Crippen LogP contribution in [0.2, 0.25) is 0 Å². The molecule has 1 aliphatic rings. The molecule has 0 aliphatic carbocycles. The Bertz CT molecular complexity index is 1130. The van der Waals surface area contributed by atoms with Crippen LogP contribution in [0.1, 0.15) is 36.7 Å². The van der Waals surface area contributed by atoms with E-state index in [-0.39, 0.29) is 17.5 Å². The van der Waals surface area contributed by atoms with Gasteiger partial charge in [-0.05, 0) is 60.6 Å². The maximum atomic E-state index is 13.4. The molecular formula is C26H28N4OS. The number of aromatic amines is 1. The van der Waals surface area contributed by atoms with Crippen molar-refractivity contribution in [1.82, 2.24) is 19.9 Å². The molecule has 2 N–H and O–H groups in total. The second-order valence-corrected chi connectivity index (χ2v) is 9.78. The Balaban J connectivity index is 1.40. The lowest BCUT2D eigenvalue weighted by Crippen LogP contribution is -2.43. The van der Waals surface area contributed by atoms with Gasteiger partial charge >= 0.3 is 0 Å². The van der Waals surface area contributed by atoms with Crippen LogP contribution in [0.4, 0.5) is 0 Å². The van der Waals surface area contributed by atoms with Gasteiger partial charge in [0.2, 0.25) is 5.91 Å². The van der Waals surface area contributed by atoms with Crippen molar-refractivity contribution < 1.29 is 4.79 Å². The van der Waals surface area contributed by atoms with Crippen LogP contribution >= 0.6 is 11.8 Å². The summed E-state index contributed by atoms with van der Waals surface area (Å²) in [6, 6.07) is 22.2. The van der Waals surface area contributed by atoms with E-state index >= 15 is 0 Å². The van der Waals surface area contributed by atoms with Gasteiger partial charge in [0.15, 0.2) is 0 Å². The van der Waals surface area contributed by atoms with E-state index in [9.17, 15) is 4.79 Å². The van der Waals surface area contributed by atoms with E-state index < -0.39 is 0 Å². The first kappa shape index (κ1) is 20.9. The van der Waals surface area contributed by atoms with Gasteiger partial charge in [0.25, 0.3) is 0 Å². The standard InChI is InChI=1S/C26H28N4OS/c31-24(19-26(12-16-32-17-13-26)30-14-6-7-15-30)27-23(18-20-8-2-1-3-9-20)25-28-21-10-4-5-11-22(21)29-25/h1-11,14-15,23H,12-13,16-19H2,(H,27,31)(H,28,29). The number of fused-ring (bicyclic) bond motifs is 1. The molecule has 164 valence electrons. The molecule has 4 aromatic rings. The molecule has 1 fully saturated rings. The molecule has 5 rings (SSSR count). The third-order valence-corrected chi connectivity index (χ3v) is 7.41. The number of para-hydroxylation sites is 2. The maximum absolute atomic E-state index is 13.4. The minimum atomic E-state index is -0.211. The van der Waals surface area contributed by atoms with E-state index in [1.165, 1.54) is 5.56 Å². The molecular weight excluding hydrogens is 416 g/mol. The van der Waals surface area contributed by atoms with Crippen molar-refractivity contribution in [3.05, 3.63) is 90.5 Å². The topological polar surface area (TPSA) is 62.7 Å². The van der Waals surface area contributed by atoms with Crippen LogP contribution < -0.4 is 5.32 Å². The lowest BCUT2D eigenvalue weighted by Gasteiger charge is -2.38. The van der Waals surface area contributed by atoms with E-state index in [4.69, 9.17) is 4.98 Å². The van der Waals surface area contributed by atoms with Crippen LogP contribution in [0.3, 0.4) is 0 Å². The number of benzene rings is 2. The summed E-state index contributed by atoms with van der Waals surface area (Å²) >= 11 is 1.98. The van der Waals surface area contributed by atoms with Crippen molar-refractivity contribution in [2.24, 2.45) is 0 Å². The highest BCUT2D eigenvalue weighted by atomic mass is 32.2. The zero-order valence-electron chi connectivity index (χ0n) is 18.0. The summed E-state index contributed by atoms with van der Waals surface area (Å²) < 4.78 is 2.25. The fourth-order valence-electron chi connectivity index (χ4n) is 4.68. The van der Waals surface area contributed by atoms with Crippen LogP contribution in [0.5, 0.6) is 0 Å². The predicted octanol–water partition coefficient (Wildman–Crippen LogP) is 5.08. The first-order chi connectivity index (χ1) is 15.7. The van der Waals surface area contributed by atoms with Crippen molar-refractivity contribution in [1.29, 1.82) is 0 Å². The Kier molecular flexibility index (Phi) is 6.04. The van der Waals surface area contributed by atoms with E-state index in [0.29, 0.717) is 12.8 Å². The van der Waals surface area contributed by atoms with Crippen LogP contribution in [-0.4, -0.2) is 31.9 Å². The minimum Gasteiger partial charge on any atom is -0.348 e. The molecule has 1 atom stereocenters. The van der Waals surface area contributed by atoms with Crippen LogP contribution in [0.25, 0.3) is 11.0 Å². The Morgan fingerprint density at radius 2 is 1.75 bits per heavy atom. The molecule has 0 bridgehead atoms. The van der Waals surface area contributed by atoms with Crippen molar-refractivity contribution in [3.63, 3.8) is 0 Å². The summed E-state index contributed by atoms with van der Waals surface area (Å²) in [6.07, 6.45) is 7.39. The molecule has 0 spiro atoms. The number of carbonyl (C=O) groups is 1. The maximum Gasteiger partial charge on any atom is 0.222 e. The average Bonchev–Trinajstić information content (AvgIpc) is 3.50. The van der Waals surface area contributed by atoms with Gasteiger partial charge in [-0.3, -0.25) is 4.79 Å². The number of nitrogens with one attached hydrogen (secondary N) is 2. The molecule has 1 saturated heterocycles. The normalized spacial score (nSPS) is 16.6. The third-order valence-electron chi connectivity index (χ3n) is 6.42. The second kappa shape index (κ2) is 9.25. The highest BCUT2D eigenvalue weighted by molar-refractivity contribution is 7.99. The smallest absolute Gasteiger partial charge is 0.222 e. The number of thioether (sulfide) groups is 1. The molecule has 1 amide bonds. The van der Waals surface area contributed by atoms with Gasteiger partial charge in [0.05, 0.1) is 29.0 Å². The Morgan fingerprint density at radius 3 is 2.50 bits per heavy atom. The number of imidazole rings is 1. The van der Waals surface area contributed by atoms with E-state index in [2.05, 4.69) is 39.4 Å². The molecule has 3 heterocycles. The summed E-state index contributed by atoms with van der Waals surface area (Å²) in [7, 11) is 0. The number of nitrogens with zero attached hydrogens (tertiary/aromatic N) is 2. The highest BCUT2D eigenvalue weighted by Crippen LogP contribution is 2.37. The molecule has 5 nitrogen and oxygen atoms in total. The van der Waals surface area contributed by atoms with Gasteiger partial charge < -0.3 is 14.9 Å². The van der Waals surface area contributed by atoms with Gasteiger partial charge in [0, 0.05) is 12.4 Å². The number of aromatic nitrogens is 3. The molecule has 2 aromatic carbocycles. The summed E-state index contributed by atoms with van der Waals surface area (Å²) in [6.45, 7) is 0. The molecule has 2 aromatic heterocycles. The van der Waals surface area contributed by atoms with Crippen LogP contribution in [0, 0.1) is 0 Å². The fourth-order valence-corrected chi connectivity index (χ4v) is 5.93. The fraction of sp³-hybridized carbons (Fsp3) is 0.308. The first-order valence-corrected chi connectivity index (χ1v) is 12.4. The van der Waals surface area contributed by atoms with Gasteiger partial charge in [-0.15, -0.1) is 0 Å². The number of carbonyl (C=O) groups excluding carboxylic acids is 1. The van der Waals surface area contributed by atoms with Crippen molar-refractivity contribution in [2.75, 3.05) is 11.5 Å². The quantitative estimate of drug-likeness (QED) is 0.418. The second-order valence-electron chi connectivity index (χ2n) is 8.55. The number of H-pyrrole nitrogens is 1. The average molecular weight is 445 g/mol. The van der Waals surface area contributed by atoms with Crippen LogP contribution in [-0.2, 0) is 16.8 Å². The largest absolute Gasteiger partial charge is 0.348 e. The van der Waals surface area contributed by atoms with E-state index in [1.807, 2.05) is 66.4 Å². The zero-order valence-corrected chi connectivity index (χ0v) is 18.9. The summed E-state index contributed by atoms with van der Waals surface area (Å²) in [5.41, 5.74) is 2.93. The predicted molar refractivity (Wildman–Crippen MR) is 131 cm³/mol. The molecule has 1 unspecified atom stereocenters. The number of hydrogen-bond donors (Lipinski definition) is 2. The number of hydrogen-bond acceptors (Lipinski definition) is 3. The van der Waals surface area contributed by atoms with Crippen molar-refractivity contribution in [3.8, 4) is 0 Å². The number of amides is 1. The zero-order chi connectivity index (χ0) is 21.8. The van der Waals surface area contributed by atoms with Gasteiger partial charge in [-0.25, -0.2) is 4.98 Å². The van der Waals surface area contributed by atoms with E-state index in [0.717, 1.165) is 41.2 Å². The van der Waals surface area contributed by atoms with Crippen LogP contribution in [0.15, 0.2) is 79.1 Å². The molecule has 0 radical (unpaired) electrons. The lowest BCUT2D eigenvalue weighted by atomic mass is 9.87. The van der Waals surface area contributed by atoms with E-state index in [1.54, 1.807) is 0 Å². The summed E-state index contributed by atoms with van der Waals surface area (Å²) in [4.78, 5) is 21.7. The monoisotopic (exact) mass is 444 g/mol. The number of rotatable bonds is 7. The summed E-state index contributed by atoms with van der Waals surface area (Å²) in [5, 5.41) is 3.32. The minimum absolute atomic E-state index is 0.0759. The lowest BCUT2D eigenvalue weighted by molar-refractivity contribution is -0.124. The Labute approximate surface area is 192 Å². The highest BCUT2D eigenvalue weighted by Gasteiger charge is 2.36. The molecule has 0 saturated carbocycles. The third kappa shape index (κ3) is 4.46. The van der Waals surface area contributed by atoms with Gasteiger partial charge in [0.1, 0.15) is 5.82 Å². The molecule has 6 heteroatoms. The molecule has 32 heavy (non-hydrogen) atoms. The van der Waals surface area contributed by atoms with Crippen molar-refractivity contribution in [2.45, 2.75) is 37.3 Å². The van der Waals surface area contributed by atoms with Gasteiger partial charge in [-0.1, -0.05) is 42.5 Å². The summed E-state index contributed by atoms with van der Waals surface area (Å²) in [5.74, 6) is 3.05. The van der Waals surface area contributed by atoms with Crippen molar-refractivity contribution >= 4 is 28.7 Å². The Hall–Kier alpha value is -2.99. The first-order valence-electron chi connectivity index (χ1n) is 11.2. The van der Waals surface area contributed by atoms with Gasteiger partial charge in [-0.2, -0.15) is 11.8 Å². The SMILES string of the molecule is O=C(CC1(n2cccc2)CCSCC1)NC(Cc1ccccc1)c1nc2ccccc2[nH]1.